The van der Waals surface area contributed by atoms with Crippen molar-refractivity contribution in [1.29, 1.82) is 0 Å². The van der Waals surface area contributed by atoms with Crippen molar-refractivity contribution >= 4 is 16.6 Å². The van der Waals surface area contributed by atoms with Crippen molar-refractivity contribution < 1.29 is 13.6 Å². The number of hydrogen-bond acceptors (Lipinski definition) is 5. The van der Waals surface area contributed by atoms with Crippen molar-refractivity contribution in [3.63, 3.8) is 0 Å². The molecule has 0 unspecified atom stereocenters. The number of aromatic nitrogens is 2. The van der Waals surface area contributed by atoms with Crippen molar-refractivity contribution in [2.24, 2.45) is 0 Å². The minimum absolute atomic E-state index is 0.00219. The summed E-state index contributed by atoms with van der Waals surface area (Å²) in [7, 11) is -4.43. The first-order valence-corrected chi connectivity index (χ1v) is 17.0. The van der Waals surface area contributed by atoms with Gasteiger partial charge in [-0.3, -0.25) is 14.3 Å². The van der Waals surface area contributed by atoms with Gasteiger partial charge < -0.3 is 13.6 Å². The van der Waals surface area contributed by atoms with Crippen LogP contribution in [0.25, 0.3) is 0 Å². The topological polar surface area (TPSA) is 82.6 Å². The molecule has 1 aromatic heterocycles. The van der Waals surface area contributed by atoms with Crippen LogP contribution in [0.1, 0.15) is 60.3 Å². The molecular weight excluding hydrogens is 440 g/mol. The molecule has 2 heterocycles. The first-order chi connectivity index (χ1) is 14.3. The molecule has 0 bridgehead atoms. The summed E-state index contributed by atoms with van der Waals surface area (Å²) in [6, 6.07) is 0. The Balaban J connectivity index is 2.61. The lowest BCUT2D eigenvalue weighted by molar-refractivity contribution is -0.0312. The summed E-state index contributed by atoms with van der Waals surface area (Å²) in [4.78, 5) is 27.1. The molecule has 9 heteroatoms. The van der Waals surface area contributed by atoms with Crippen LogP contribution in [0.5, 0.6) is 0 Å². The highest BCUT2D eigenvalue weighted by atomic mass is 28.4. The lowest BCUT2D eigenvalue weighted by Crippen LogP contribution is -2.53. The Hall–Kier alpha value is -1.45. The van der Waals surface area contributed by atoms with E-state index in [0.717, 1.165) is 0 Å². The van der Waals surface area contributed by atoms with Crippen molar-refractivity contribution in [2.45, 2.75) is 109 Å². The molecule has 1 aromatic rings. The molecule has 1 aliphatic rings. The van der Waals surface area contributed by atoms with Crippen LogP contribution in [0.4, 0.5) is 0 Å². The molecule has 180 valence electrons. The quantitative estimate of drug-likeness (QED) is 0.504. The lowest BCUT2D eigenvalue weighted by Gasteiger charge is -2.44. The molecule has 0 amide bonds. The zero-order valence-electron chi connectivity index (χ0n) is 21.5. The van der Waals surface area contributed by atoms with Gasteiger partial charge in [-0.15, -0.1) is 6.42 Å². The maximum absolute atomic E-state index is 12.7. The van der Waals surface area contributed by atoms with Crippen LogP contribution in [0.2, 0.25) is 36.3 Å². The average molecular weight is 481 g/mol. The van der Waals surface area contributed by atoms with Gasteiger partial charge in [0.05, 0.1) is 6.10 Å². The lowest BCUT2D eigenvalue weighted by atomic mass is 10.1. The fourth-order valence-corrected chi connectivity index (χ4v) is 5.77. The second-order valence-corrected chi connectivity index (χ2v) is 21.3. The predicted molar refractivity (Wildman–Crippen MR) is 133 cm³/mol. The highest BCUT2D eigenvalue weighted by Gasteiger charge is 2.53. The van der Waals surface area contributed by atoms with Gasteiger partial charge in [-0.2, -0.15) is 0 Å². The van der Waals surface area contributed by atoms with E-state index in [9.17, 15) is 9.59 Å². The fourth-order valence-electron chi connectivity index (χ4n) is 3.13. The fraction of sp³-hybridized carbons (Fsp3) is 0.739. The molecule has 0 spiro atoms. The van der Waals surface area contributed by atoms with Gasteiger partial charge in [-0.25, -0.2) is 4.79 Å². The van der Waals surface area contributed by atoms with Crippen LogP contribution in [0.15, 0.2) is 15.8 Å². The van der Waals surface area contributed by atoms with E-state index in [4.69, 9.17) is 20.0 Å². The van der Waals surface area contributed by atoms with E-state index in [1.165, 1.54) is 10.8 Å². The third-order valence-electron chi connectivity index (χ3n) is 7.29. The number of rotatable bonds is 5. The summed E-state index contributed by atoms with van der Waals surface area (Å²) in [5, 5.41) is -0.0529. The Morgan fingerprint density at radius 2 is 1.47 bits per heavy atom. The third-order valence-corrected chi connectivity index (χ3v) is 16.2. The molecule has 4 atom stereocenters. The molecule has 1 fully saturated rings. The maximum atomic E-state index is 12.7. The van der Waals surface area contributed by atoms with Crippen LogP contribution in [-0.4, -0.2) is 44.5 Å². The van der Waals surface area contributed by atoms with Gasteiger partial charge in [-0.1, -0.05) is 47.5 Å². The highest BCUT2D eigenvalue weighted by Crippen LogP contribution is 2.45. The van der Waals surface area contributed by atoms with Gasteiger partial charge in [-0.05, 0) is 43.2 Å². The SMILES string of the molecule is C#Cc1cn([C@@H]2O[C@H](C)[C@@H](O[Si](C)(C)C(C)(C)C)[C@H]2O[Si](C)(C)C(C)(C)C)c(=O)[nH]c1=O. The van der Waals surface area contributed by atoms with Crippen LogP contribution in [0, 0.1) is 12.3 Å². The predicted octanol–water partition coefficient (Wildman–Crippen LogP) is 4.22. The van der Waals surface area contributed by atoms with Crippen molar-refractivity contribution in [2.75, 3.05) is 0 Å². The Morgan fingerprint density at radius 1 is 1.00 bits per heavy atom. The zero-order valence-corrected chi connectivity index (χ0v) is 23.5. The second kappa shape index (κ2) is 8.72. The summed E-state index contributed by atoms with van der Waals surface area (Å²) in [5.41, 5.74) is -1.10. The molecule has 1 saturated heterocycles. The van der Waals surface area contributed by atoms with Crippen LogP contribution in [0.3, 0.4) is 0 Å². The molecule has 0 radical (unpaired) electrons. The summed E-state index contributed by atoms with van der Waals surface area (Å²) in [5.74, 6) is 2.34. The average Bonchev–Trinajstić information content (AvgIpc) is 2.88. The molecule has 32 heavy (non-hydrogen) atoms. The van der Waals surface area contributed by atoms with E-state index >= 15 is 0 Å². The summed E-state index contributed by atoms with van der Waals surface area (Å²) < 4.78 is 21.3. The summed E-state index contributed by atoms with van der Waals surface area (Å²) in [6.45, 7) is 23.7. The van der Waals surface area contributed by atoms with E-state index in [1.54, 1.807) is 0 Å². The number of H-pyrrole nitrogens is 1. The Morgan fingerprint density at radius 3 is 1.91 bits per heavy atom. The number of hydrogen-bond donors (Lipinski definition) is 1. The van der Waals surface area contributed by atoms with E-state index in [1.807, 2.05) is 6.92 Å². The monoisotopic (exact) mass is 480 g/mol. The molecular formula is C23H40N2O5Si2. The van der Waals surface area contributed by atoms with Gasteiger partial charge in [0.1, 0.15) is 17.8 Å². The normalized spacial score (nSPS) is 25.1. The second-order valence-electron chi connectivity index (χ2n) is 11.8. The maximum Gasteiger partial charge on any atom is 0.330 e. The standard InChI is InChI=1S/C23H40N2O5Si2/c1-13-16-14-25(21(27)24-19(16)26)20-18(30-32(11,12)23(6,7)8)17(15(2)28-20)29-31(9,10)22(3,4)5/h1,14-15,17-18,20H,2-12H3,(H,24,26,27)/t15-,17-,18-,20-/m1/s1. The molecule has 0 aliphatic carbocycles. The zero-order chi connectivity index (χ0) is 24.9. The Bertz CT molecular complexity index is 992. The van der Waals surface area contributed by atoms with Crippen LogP contribution >= 0.6 is 0 Å². The highest BCUT2D eigenvalue weighted by molar-refractivity contribution is 6.74. The summed E-state index contributed by atoms with van der Waals surface area (Å²) in [6.07, 6.45) is 4.92. The van der Waals surface area contributed by atoms with Gasteiger partial charge in [0.2, 0.25) is 0 Å². The molecule has 1 aliphatic heterocycles. The van der Waals surface area contributed by atoms with Crippen molar-refractivity contribution in [1.82, 2.24) is 9.55 Å². The molecule has 0 aromatic carbocycles. The van der Waals surface area contributed by atoms with Crippen LogP contribution < -0.4 is 11.2 Å². The smallest absolute Gasteiger partial charge is 0.330 e. The molecule has 2 rings (SSSR count). The number of nitrogens with one attached hydrogen (secondary N) is 1. The van der Waals surface area contributed by atoms with Gasteiger partial charge >= 0.3 is 5.69 Å². The van der Waals surface area contributed by atoms with Gasteiger partial charge in [0.15, 0.2) is 22.9 Å². The Labute approximate surface area is 194 Å². The van der Waals surface area contributed by atoms with E-state index in [-0.39, 0.29) is 27.8 Å². The summed E-state index contributed by atoms with van der Waals surface area (Å²) >= 11 is 0. The minimum atomic E-state index is -2.26. The molecule has 0 saturated carbocycles. The largest absolute Gasteiger partial charge is 0.409 e. The van der Waals surface area contributed by atoms with Gasteiger partial charge in [0, 0.05) is 6.20 Å². The number of terminal acetylenes is 1. The van der Waals surface area contributed by atoms with Crippen molar-refractivity contribution in [3.05, 3.63) is 32.6 Å². The number of nitrogens with zero attached hydrogens (tertiary/aromatic N) is 1. The number of aromatic amines is 1. The van der Waals surface area contributed by atoms with Gasteiger partial charge in [0.25, 0.3) is 5.56 Å². The van der Waals surface area contributed by atoms with E-state index < -0.39 is 40.2 Å². The van der Waals surface area contributed by atoms with Crippen molar-refractivity contribution in [3.8, 4) is 12.3 Å². The number of ether oxygens (including phenoxy) is 1. The van der Waals surface area contributed by atoms with E-state index in [2.05, 4.69) is 78.6 Å². The first-order valence-electron chi connectivity index (χ1n) is 11.2. The first kappa shape index (κ1) is 26.8. The minimum Gasteiger partial charge on any atom is -0.409 e. The van der Waals surface area contributed by atoms with E-state index in [0.29, 0.717) is 0 Å². The Kier molecular flexibility index (Phi) is 7.31. The molecule has 1 N–H and O–H groups in total. The molecule has 7 nitrogen and oxygen atoms in total. The van der Waals surface area contributed by atoms with Crippen LogP contribution in [-0.2, 0) is 13.6 Å². The third kappa shape index (κ3) is 5.20.